The van der Waals surface area contributed by atoms with Crippen molar-refractivity contribution >= 4 is 62.3 Å². The van der Waals surface area contributed by atoms with Crippen molar-refractivity contribution in [2.75, 3.05) is 17.4 Å². The predicted molar refractivity (Wildman–Crippen MR) is 162 cm³/mol. The number of halogens is 3. The van der Waals surface area contributed by atoms with Gasteiger partial charge in [-0.1, -0.05) is 90.1 Å². The van der Waals surface area contributed by atoms with Crippen LogP contribution in [0.15, 0.2) is 71.6 Å². The van der Waals surface area contributed by atoms with Crippen molar-refractivity contribution in [3.63, 3.8) is 0 Å². The van der Waals surface area contributed by atoms with Crippen LogP contribution >= 0.6 is 34.8 Å². The van der Waals surface area contributed by atoms with Gasteiger partial charge in [-0.2, -0.15) is 0 Å². The van der Waals surface area contributed by atoms with Crippen LogP contribution in [0.3, 0.4) is 0 Å². The minimum absolute atomic E-state index is 0.0113. The Labute approximate surface area is 251 Å². The molecular weight excluding hydrogens is 593 g/mol. The van der Waals surface area contributed by atoms with Crippen molar-refractivity contribution in [1.82, 2.24) is 10.2 Å². The molecule has 0 radical (unpaired) electrons. The lowest BCUT2D eigenvalue weighted by molar-refractivity contribution is -0.139. The molecule has 0 aliphatic heterocycles. The Bertz CT molecular complexity index is 1450. The summed E-state index contributed by atoms with van der Waals surface area (Å²) in [6.45, 7) is 5.26. The van der Waals surface area contributed by atoms with E-state index in [-0.39, 0.29) is 33.1 Å². The van der Waals surface area contributed by atoms with Crippen LogP contribution in [0.25, 0.3) is 0 Å². The van der Waals surface area contributed by atoms with Crippen molar-refractivity contribution in [2.45, 2.75) is 51.1 Å². The lowest BCUT2D eigenvalue weighted by Gasteiger charge is -2.32. The van der Waals surface area contributed by atoms with Crippen LogP contribution in [0.2, 0.25) is 15.1 Å². The molecule has 3 rings (SSSR count). The highest BCUT2D eigenvalue weighted by Gasteiger charge is 2.33. The Hall–Kier alpha value is -2.78. The Balaban J connectivity index is 2.05. The van der Waals surface area contributed by atoms with Gasteiger partial charge < -0.3 is 10.2 Å². The number of nitrogens with one attached hydrogen (secondary N) is 1. The smallest absolute Gasteiger partial charge is 0.264 e. The Morgan fingerprint density at radius 1 is 0.925 bits per heavy atom. The maximum Gasteiger partial charge on any atom is 0.264 e. The molecule has 0 saturated carbocycles. The quantitative estimate of drug-likeness (QED) is 0.234. The van der Waals surface area contributed by atoms with Gasteiger partial charge in [-0.05, 0) is 56.2 Å². The van der Waals surface area contributed by atoms with E-state index in [1.807, 2.05) is 13.8 Å². The summed E-state index contributed by atoms with van der Waals surface area (Å²) in [4.78, 5) is 28.3. The third-order valence-electron chi connectivity index (χ3n) is 6.38. The molecule has 40 heavy (non-hydrogen) atoms. The number of unbranched alkanes of at least 4 members (excludes halogenated alkanes) is 1. The second kappa shape index (κ2) is 14.2. The number of rotatable bonds is 12. The van der Waals surface area contributed by atoms with Gasteiger partial charge in [-0.3, -0.25) is 13.9 Å². The fourth-order valence-corrected chi connectivity index (χ4v) is 6.03. The van der Waals surface area contributed by atoms with Gasteiger partial charge in [0.25, 0.3) is 10.0 Å². The van der Waals surface area contributed by atoms with E-state index in [1.54, 1.807) is 49.4 Å². The van der Waals surface area contributed by atoms with E-state index in [2.05, 4.69) is 5.32 Å². The van der Waals surface area contributed by atoms with Crippen LogP contribution in [-0.4, -0.2) is 44.3 Å². The molecule has 0 bridgehead atoms. The number of hydrogen-bond donors (Lipinski definition) is 1. The highest BCUT2D eigenvalue weighted by atomic mass is 35.5. The average Bonchev–Trinajstić information content (AvgIpc) is 2.92. The lowest BCUT2D eigenvalue weighted by atomic mass is 10.1. The second-order valence-corrected chi connectivity index (χ2v) is 12.4. The standard InChI is InChI=1S/C29H32Cl3N3O4S/c1-4-5-17-33-29(37)21(3)34(18-22-9-6-7-10-24(22)30)27(36)19-35(26-12-8-11-25(31)28(26)32)40(38,39)23-15-13-20(2)14-16-23/h6-16,21H,4-5,17-19H2,1-3H3,(H,33,37)/t21-/m1/s1. The Morgan fingerprint density at radius 2 is 1.57 bits per heavy atom. The number of aryl methyl sites for hydroxylation is 1. The van der Waals surface area contributed by atoms with Gasteiger partial charge >= 0.3 is 0 Å². The van der Waals surface area contributed by atoms with Gasteiger partial charge in [-0.15, -0.1) is 0 Å². The van der Waals surface area contributed by atoms with Crippen LogP contribution in [0.1, 0.15) is 37.8 Å². The van der Waals surface area contributed by atoms with Crippen LogP contribution in [0.4, 0.5) is 5.69 Å². The monoisotopic (exact) mass is 623 g/mol. The molecule has 0 unspecified atom stereocenters. The molecule has 0 fully saturated rings. The normalized spacial score (nSPS) is 12.1. The summed E-state index contributed by atoms with van der Waals surface area (Å²) >= 11 is 19.1. The first-order chi connectivity index (χ1) is 19.0. The summed E-state index contributed by atoms with van der Waals surface area (Å²) in [7, 11) is -4.27. The van der Waals surface area contributed by atoms with Crippen LogP contribution in [0.5, 0.6) is 0 Å². The van der Waals surface area contributed by atoms with Gasteiger partial charge in [-0.25, -0.2) is 8.42 Å². The SMILES string of the molecule is CCCCNC(=O)[C@@H](C)N(Cc1ccccc1Cl)C(=O)CN(c1cccc(Cl)c1Cl)S(=O)(=O)c1ccc(C)cc1. The molecule has 3 aromatic rings. The molecule has 2 amide bonds. The van der Waals surface area contributed by atoms with Crippen molar-refractivity contribution in [3.8, 4) is 0 Å². The van der Waals surface area contributed by atoms with E-state index in [0.29, 0.717) is 17.1 Å². The molecular formula is C29H32Cl3N3O4S. The molecule has 3 aromatic carbocycles. The summed E-state index contributed by atoms with van der Waals surface area (Å²) in [5.74, 6) is -0.979. The summed E-state index contributed by atoms with van der Waals surface area (Å²) in [5.41, 5.74) is 1.52. The summed E-state index contributed by atoms with van der Waals surface area (Å²) in [5, 5.41) is 3.38. The number of hydrogen-bond acceptors (Lipinski definition) is 4. The third kappa shape index (κ3) is 7.69. The first kappa shape index (κ1) is 31.7. The van der Waals surface area contributed by atoms with E-state index in [1.165, 1.54) is 29.2 Å². The van der Waals surface area contributed by atoms with Gasteiger partial charge in [0.05, 0.1) is 20.6 Å². The Kier molecular flexibility index (Phi) is 11.3. The number of benzene rings is 3. The molecule has 0 heterocycles. The van der Waals surface area contributed by atoms with E-state index in [9.17, 15) is 18.0 Å². The highest BCUT2D eigenvalue weighted by molar-refractivity contribution is 7.92. The lowest BCUT2D eigenvalue weighted by Crippen LogP contribution is -2.51. The maximum atomic E-state index is 14.0. The predicted octanol–water partition coefficient (Wildman–Crippen LogP) is 6.48. The van der Waals surface area contributed by atoms with Gasteiger partial charge in [0.1, 0.15) is 12.6 Å². The van der Waals surface area contributed by atoms with Gasteiger partial charge in [0.15, 0.2) is 0 Å². The fraction of sp³-hybridized carbons (Fsp3) is 0.310. The molecule has 11 heteroatoms. The van der Waals surface area contributed by atoms with E-state index < -0.39 is 28.5 Å². The minimum atomic E-state index is -4.27. The zero-order chi connectivity index (χ0) is 29.4. The topological polar surface area (TPSA) is 86.8 Å². The van der Waals surface area contributed by atoms with E-state index >= 15 is 0 Å². The maximum absolute atomic E-state index is 14.0. The molecule has 0 aromatic heterocycles. The second-order valence-electron chi connectivity index (χ2n) is 9.33. The zero-order valence-electron chi connectivity index (χ0n) is 22.5. The molecule has 7 nitrogen and oxygen atoms in total. The molecule has 0 aliphatic carbocycles. The summed E-state index contributed by atoms with van der Waals surface area (Å²) in [6, 6.07) is 16.9. The number of sulfonamides is 1. The van der Waals surface area contributed by atoms with Gasteiger partial charge in [0, 0.05) is 18.1 Å². The van der Waals surface area contributed by atoms with E-state index in [0.717, 1.165) is 22.7 Å². The molecule has 0 saturated heterocycles. The Morgan fingerprint density at radius 3 is 2.23 bits per heavy atom. The number of anilines is 1. The molecule has 1 N–H and O–H groups in total. The number of carbonyl (C=O) groups is 2. The molecule has 1 atom stereocenters. The summed E-state index contributed by atoms with van der Waals surface area (Å²) in [6.07, 6.45) is 1.68. The van der Waals surface area contributed by atoms with Crippen molar-refractivity contribution < 1.29 is 18.0 Å². The highest BCUT2D eigenvalue weighted by Crippen LogP contribution is 2.35. The van der Waals surface area contributed by atoms with Crippen LogP contribution in [0, 0.1) is 6.92 Å². The third-order valence-corrected chi connectivity index (χ3v) is 9.33. The van der Waals surface area contributed by atoms with Crippen LogP contribution < -0.4 is 9.62 Å². The minimum Gasteiger partial charge on any atom is -0.354 e. The van der Waals surface area contributed by atoms with Crippen molar-refractivity contribution in [3.05, 3.63) is 92.9 Å². The molecule has 0 aliphatic rings. The van der Waals surface area contributed by atoms with Gasteiger partial charge in [0.2, 0.25) is 11.8 Å². The van der Waals surface area contributed by atoms with Crippen molar-refractivity contribution in [1.29, 1.82) is 0 Å². The molecule has 214 valence electrons. The van der Waals surface area contributed by atoms with Crippen molar-refractivity contribution in [2.24, 2.45) is 0 Å². The van der Waals surface area contributed by atoms with E-state index in [4.69, 9.17) is 34.8 Å². The number of carbonyl (C=O) groups excluding carboxylic acids is 2. The molecule has 0 spiro atoms. The largest absolute Gasteiger partial charge is 0.354 e. The summed E-state index contributed by atoms with van der Waals surface area (Å²) < 4.78 is 28.7. The fourth-order valence-electron chi connectivity index (χ4n) is 3.96. The number of nitrogens with zero attached hydrogens (tertiary/aromatic N) is 2. The first-order valence-electron chi connectivity index (χ1n) is 12.8. The number of amides is 2. The first-order valence-corrected chi connectivity index (χ1v) is 15.4. The zero-order valence-corrected chi connectivity index (χ0v) is 25.6. The average molecular weight is 625 g/mol. The van der Waals surface area contributed by atoms with Crippen LogP contribution in [-0.2, 0) is 26.2 Å².